The lowest BCUT2D eigenvalue weighted by Gasteiger charge is -2.27. The fourth-order valence-electron chi connectivity index (χ4n) is 1.14. The molecule has 6 atom stereocenters. The van der Waals surface area contributed by atoms with Crippen LogP contribution in [0, 0.1) is 0 Å². The van der Waals surface area contributed by atoms with Crippen molar-refractivity contribution < 1.29 is 63.0 Å². The molecule has 132 valence electrons. The summed E-state index contributed by atoms with van der Waals surface area (Å²) in [5.41, 5.74) is 0. The molecular formula is C7H16O13P2. The van der Waals surface area contributed by atoms with Crippen molar-refractivity contribution in [3.8, 4) is 0 Å². The number of carbonyl (C=O) groups excluding carboxylic acids is 1. The molecule has 0 aromatic rings. The van der Waals surface area contributed by atoms with E-state index in [-0.39, 0.29) is 6.29 Å². The highest BCUT2D eigenvalue weighted by atomic mass is 31.3. The Morgan fingerprint density at radius 2 is 1.41 bits per heavy atom. The van der Waals surface area contributed by atoms with Crippen molar-refractivity contribution in [1.29, 1.82) is 0 Å². The fourth-order valence-corrected chi connectivity index (χ4v) is 2.74. The Bertz CT molecular complexity index is 448. The van der Waals surface area contributed by atoms with E-state index in [1.165, 1.54) is 0 Å². The van der Waals surface area contributed by atoms with Gasteiger partial charge in [0.1, 0.15) is 30.5 Å². The molecular weight excluding hydrogens is 354 g/mol. The van der Waals surface area contributed by atoms with Crippen LogP contribution in [0.2, 0.25) is 0 Å². The second-order valence-electron chi connectivity index (χ2n) is 4.00. The van der Waals surface area contributed by atoms with E-state index in [0.717, 1.165) is 0 Å². The highest BCUT2D eigenvalue weighted by molar-refractivity contribution is 7.60. The summed E-state index contributed by atoms with van der Waals surface area (Å²) in [5.74, 6) is 0. The van der Waals surface area contributed by atoms with E-state index in [9.17, 15) is 34.4 Å². The maximum absolute atomic E-state index is 11.0. The Labute approximate surface area is 123 Å². The number of phosphoric acid groups is 2. The van der Waals surface area contributed by atoms with Gasteiger partial charge in [0.25, 0.3) is 0 Å². The van der Waals surface area contributed by atoms with E-state index in [1.54, 1.807) is 0 Å². The molecule has 0 heterocycles. The molecule has 0 radical (unpaired) electrons. The zero-order valence-electron chi connectivity index (χ0n) is 10.7. The van der Waals surface area contributed by atoms with Crippen molar-refractivity contribution in [1.82, 2.24) is 0 Å². The number of carbonyl (C=O) groups is 1. The predicted octanol–water partition coefficient (Wildman–Crippen LogP) is -3.78. The van der Waals surface area contributed by atoms with Crippen LogP contribution in [-0.4, -0.2) is 83.6 Å². The van der Waals surface area contributed by atoms with Gasteiger partial charge in [-0.05, 0) is 0 Å². The van der Waals surface area contributed by atoms with Crippen LogP contribution in [0.5, 0.6) is 0 Å². The molecule has 0 rings (SSSR count). The Kier molecular flexibility index (Phi) is 8.44. The summed E-state index contributed by atoms with van der Waals surface area (Å²) in [5, 5.41) is 46.2. The second-order valence-corrected chi connectivity index (χ2v) is 6.83. The second kappa shape index (κ2) is 8.55. The molecule has 6 unspecified atom stereocenters. The van der Waals surface area contributed by atoms with Crippen molar-refractivity contribution >= 4 is 21.9 Å². The normalized spacial score (nSPS) is 22.2. The van der Waals surface area contributed by atoms with Gasteiger partial charge in [-0.3, -0.25) is 4.52 Å². The molecule has 0 amide bonds. The van der Waals surface area contributed by atoms with Gasteiger partial charge in [-0.15, -0.1) is 0 Å². The lowest BCUT2D eigenvalue weighted by molar-refractivity contribution is -0.147. The van der Waals surface area contributed by atoms with Gasteiger partial charge in [0.2, 0.25) is 0 Å². The lowest BCUT2D eigenvalue weighted by atomic mass is 10.0. The quantitative estimate of drug-likeness (QED) is 0.136. The van der Waals surface area contributed by atoms with Gasteiger partial charge in [-0.1, -0.05) is 0 Å². The molecule has 15 heteroatoms. The molecule has 0 aliphatic heterocycles. The maximum Gasteiger partial charge on any atom is 0.481 e. The number of hydrogen-bond acceptors (Lipinski definition) is 10. The van der Waals surface area contributed by atoms with Gasteiger partial charge in [0.05, 0.1) is 6.61 Å². The fraction of sp³-hybridized carbons (Fsp3) is 0.857. The van der Waals surface area contributed by atoms with Crippen LogP contribution in [0.25, 0.3) is 0 Å². The Balaban J connectivity index is 4.60. The monoisotopic (exact) mass is 370 g/mol. The minimum absolute atomic E-state index is 0.153. The third kappa shape index (κ3) is 7.83. The highest BCUT2D eigenvalue weighted by Gasteiger charge is 2.37. The van der Waals surface area contributed by atoms with Gasteiger partial charge in [-0.2, -0.15) is 4.31 Å². The zero-order chi connectivity index (χ0) is 17.7. The molecule has 0 aliphatic rings. The number of rotatable bonds is 10. The van der Waals surface area contributed by atoms with Gasteiger partial charge in [-0.25, -0.2) is 9.13 Å². The van der Waals surface area contributed by atoms with Gasteiger partial charge in [0.15, 0.2) is 6.29 Å². The average molecular weight is 370 g/mol. The van der Waals surface area contributed by atoms with Gasteiger partial charge < -0.3 is 45.0 Å². The molecule has 0 fully saturated rings. The third-order valence-corrected chi connectivity index (χ3v) is 4.35. The van der Waals surface area contributed by atoms with E-state index in [4.69, 9.17) is 19.8 Å². The molecule has 0 spiro atoms. The zero-order valence-corrected chi connectivity index (χ0v) is 12.5. The Hall–Kier alpha value is -0.270. The van der Waals surface area contributed by atoms with Crippen molar-refractivity contribution in [2.45, 2.75) is 30.5 Å². The van der Waals surface area contributed by atoms with Crippen LogP contribution in [0.15, 0.2) is 0 Å². The van der Waals surface area contributed by atoms with Crippen molar-refractivity contribution in [2.75, 3.05) is 6.61 Å². The molecule has 0 saturated carbocycles. The molecule has 22 heavy (non-hydrogen) atoms. The first-order valence-electron chi connectivity index (χ1n) is 5.40. The molecule has 0 aromatic heterocycles. The van der Waals surface area contributed by atoms with Crippen molar-refractivity contribution in [2.24, 2.45) is 0 Å². The first-order valence-corrected chi connectivity index (χ1v) is 8.43. The van der Waals surface area contributed by atoms with Crippen molar-refractivity contribution in [3.05, 3.63) is 0 Å². The standard InChI is InChI=1S/C7H16O13P2/c8-1-3(9)5(11)7(13)6(12)4(10)2-19-22(17,18)20-21(14,15)16/h1,3-7,9-13H,2H2,(H,17,18)(H2,14,15,16). The first-order chi connectivity index (χ1) is 9.80. The summed E-state index contributed by atoms with van der Waals surface area (Å²) in [4.78, 5) is 35.7. The van der Waals surface area contributed by atoms with Crippen LogP contribution in [0.3, 0.4) is 0 Å². The maximum atomic E-state index is 11.0. The number of aliphatic hydroxyl groups is 5. The number of hydrogen-bond donors (Lipinski definition) is 8. The summed E-state index contributed by atoms with van der Waals surface area (Å²) < 4.78 is 28.7. The van der Waals surface area contributed by atoms with Gasteiger partial charge in [0, 0.05) is 0 Å². The Morgan fingerprint density at radius 3 is 1.82 bits per heavy atom. The van der Waals surface area contributed by atoms with E-state index in [1.807, 2.05) is 0 Å². The molecule has 8 N–H and O–H groups in total. The summed E-state index contributed by atoms with van der Waals surface area (Å²) in [6.07, 6.45) is -11.0. The number of phosphoric ester groups is 1. The molecule has 13 nitrogen and oxygen atoms in total. The van der Waals surface area contributed by atoms with Crippen LogP contribution in [-0.2, 0) is 22.8 Å². The number of aliphatic hydroxyl groups excluding tert-OH is 5. The minimum Gasteiger partial charge on any atom is -0.388 e. The summed E-state index contributed by atoms with van der Waals surface area (Å²) in [7, 11) is -10.6. The SMILES string of the molecule is O=CC(O)C(O)C(O)C(O)C(O)COP(=O)(O)OP(=O)(O)O. The van der Waals surface area contributed by atoms with Crippen LogP contribution >= 0.6 is 15.6 Å². The topological polar surface area (TPSA) is 232 Å². The molecule has 0 aliphatic carbocycles. The first kappa shape index (κ1) is 21.7. The van der Waals surface area contributed by atoms with E-state index >= 15 is 0 Å². The van der Waals surface area contributed by atoms with Crippen LogP contribution < -0.4 is 0 Å². The van der Waals surface area contributed by atoms with Crippen LogP contribution in [0.4, 0.5) is 0 Å². The lowest BCUT2D eigenvalue weighted by Crippen LogP contribution is -2.50. The van der Waals surface area contributed by atoms with Gasteiger partial charge >= 0.3 is 15.6 Å². The average Bonchev–Trinajstić information content (AvgIpc) is 2.38. The third-order valence-electron chi connectivity index (χ3n) is 2.20. The molecule has 0 bridgehead atoms. The summed E-state index contributed by atoms with van der Waals surface area (Å²) >= 11 is 0. The summed E-state index contributed by atoms with van der Waals surface area (Å²) in [6.45, 7) is -1.24. The summed E-state index contributed by atoms with van der Waals surface area (Å²) in [6, 6.07) is 0. The highest BCUT2D eigenvalue weighted by Crippen LogP contribution is 2.57. The predicted molar refractivity (Wildman–Crippen MR) is 65.0 cm³/mol. The van der Waals surface area contributed by atoms with Crippen molar-refractivity contribution in [3.63, 3.8) is 0 Å². The van der Waals surface area contributed by atoms with E-state index in [2.05, 4.69) is 8.83 Å². The Morgan fingerprint density at radius 1 is 0.909 bits per heavy atom. The minimum atomic E-state index is -5.37. The van der Waals surface area contributed by atoms with E-state index < -0.39 is 52.8 Å². The largest absolute Gasteiger partial charge is 0.481 e. The van der Waals surface area contributed by atoms with Crippen LogP contribution in [0.1, 0.15) is 0 Å². The number of aldehydes is 1. The van der Waals surface area contributed by atoms with E-state index in [0.29, 0.717) is 0 Å². The molecule has 0 saturated heterocycles. The smallest absolute Gasteiger partial charge is 0.388 e. The molecule has 0 aromatic carbocycles.